The fourth-order valence-corrected chi connectivity index (χ4v) is 5.48. The Kier molecular flexibility index (Phi) is 5.22. The zero-order valence-corrected chi connectivity index (χ0v) is 19.7. The van der Waals surface area contributed by atoms with E-state index in [4.69, 9.17) is 4.98 Å². The number of nitrogens with zero attached hydrogens (tertiary/aromatic N) is 6. The second kappa shape index (κ2) is 8.53. The number of benzene rings is 2. The summed E-state index contributed by atoms with van der Waals surface area (Å²) in [7, 11) is 0. The average Bonchev–Trinajstić information content (AvgIpc) is 3.47. The number of carbonyl (C=O) groups is 1. The number of carbonyl (C=O) groups excluding carboxylic acids is 1. The number of hydrogen-bond acceptors (Lipinski definition) is 6. The minimum Gasteiger partial charge on any atom is -0.337 e. The van der Waals surface area contributed by atoms with E-state index in [2.05, 4.69) is 56.7 Å². The molecule has 0 unspecified atom stereocenters. The molecule has 5 aromatic rings. The highest BCUT2D eigenvalue weighted by Crippen LogP contribution is 2.30. The van der Waals surface area contributed by atoms with Crippen molar-refractivity contribution in [2.45, 2.75) is 13.3 Å². The molecular formula is C26H24N6OS. The number of hydrogen-bond donors (Lipinski definition) is 0. The Morgan fingerprint density at radius 3 is 2.50 bits per heavy atom. The smallest absolute Gasteiger partial charge is 0.254 e. The molecule has 4 heterocycles. The molecule has 1 amide bonds. The molecule has 0 radical (unpaired) electrons. The van der Waals surface area contributed by atoms with Crippen LogP contribution in [0.4, 0.5) is 5.95 Å². The first kappa shape index (κ1) is 20.8. The fraction of sp³-hybridized carbons (Fsp3) is 0.231. The number of fused-ring (bicyclic) bond motifs is 3. The Hall–Kier alpha value is -3.78. The van der Waals surface area contributed by atoms with E-state index < -0.39 is 0 Å². The van der Waals surface area contributed by atoms with Crippen LogP contribution in [-0.4, -0.2) is 56.3 Å². The van der Waals surface area contributed by atoms with Gasteiger partial charge in [-0.3, -0.25) is 9.20 Å². The van der Waals surface area contributed by atoms with E-state index in [0.717, 1.165) is 57.5 Å². The number of aromatic nitrogens is 4. The summed E-state index contributed by atoms with van der Waals surface area (Å²) >= 11 is 1.62. The largest absolute Gasteiger partial charge is 0.337 e. The van der Waals surface area contributed by atoms with E-state index >= 15 is 0 Å². The number of aryl methyl sites for hydroxylation is 1. The van der Waals surface area contributed by atoms with Gasteiger partial charge in [-0.2, -0.15) is 0 Å². The Balaban J connectivity index is 1.21. The number of anilines is 1. The van der Waals surface area contributed by atoms with Gasteiger partial charge in [-0.25, -0.2) is 15.0 Å². The standard InChI is InChI=1S/C26H24N6OS/c1-2-18-4-6-19(7-5-18)21-17-32-22-9-8-20(16-23(22)34-26(32)29-21)24(33)30-12-14-31(15-13-30)25-27-10-3-11-28-25/h3-11,16-17H,2,12-15H2,1H3. The lowest BCUT2D eigenvalue weighted by Crippen LogP contribution is -2.49. The molecule has 2 aromatic carbocycles. The zero-order valence-electron chi connectivity index (χ0n) is 18.9. The molecule has 0 bridgehead atoms. The van der Waals surface area contributed by atoms with Gasteiger partial charge in [0.05, 0.1) is 15.9 Å². The molecule has 1 aliphatic heterocycles. The molecule has 1 saturated heterocycles. The topological polar surface area (TPSA) is 66.6 Å². The van der Waals surface area contributed by atoms with Crippen LogP contribution in [0, 0.1) is 0 Å². The Labute approximate surface area is 201 Å². The third kappa shape index (κ3) is 3.70. The number of rotatable bonds is 4. The highest BCUT2D eigenvalue weighted by atomic mass is 32.1. The van der Waals surface area contributed by atoms with Crippen molar-refractivity contribution in [1.29, 1.82) is 0 Å². The minimum atomic E-state index is 0.0678. The number of imidazole rings is 1. The van der Waals surface area contributed by atoms with Crippen LogP contribution in [0.2, 0.25) is 0 Å². The normalized spacial score (nSPS) is 14.3. The summed E-state index contributed by atoms with van der Waals surface area (Å²) in [4.78, 5) is 31.6. The van der Waals surface area contributed by atoms with Crippen molar-refractivity contribution in [2.75, 3.05) is 31.1 Å². The molecule has 34 heavy (non-hydrogen) atoms. The SMILES string of the molecule is CCc1ccc(-c2cn3c(n2)sc2cc(C(=O)N4CCN(c5ncccn5)CC4)ccc23)cc1. The Morgan fingerprint density at radius 1 is 1.00 bits per heavy atom. The summed E-state index contributed by atoms with van der Waals surface area (Å²) < 4.78 is 3.19. The summed E-state index contributed by atoms with van der Waals surface area (Å²) in [5.41, 5.74) is 5.20. The molecule has 0 aliphatic carbocycles. The van der Waals surface area contributed by atoms with Crippen LogP contribution >= 0.6 is 11.3 Å². The molecule has 3 aromatic heterocycles. The summed E-state index contributed by atoms with van der Waals surface area (Å²) in [6.07, 6.45) is 6.61. The quantitative estimate of drug-likeness (QED) is 0.388. The van der Waals surface area contributed by atoms with Gasteiger partial charge in [0, 0.05) is 55.9 Å². The molecule has 1 aliphatic rings. The second-order valence-electron chi connectivity index (χ2n) is 8.44. The van der Waals surface area contributed by atoms with Gasteiger partial charge < -0.3 is 9.80 Å². The summed E-state index contributed by atoms with van der Waals surface area (Å²) in [5, 5.41) is 0. The predicted octanol–water partition coefficient (Wildman–Crippen LogP) is 4.53. The van der Waals surface area contributed by atoms with E-state index in [1.165, 1.54) is 5.56 Å². The van der Waals surface area contributed by atoms with E-state index in [1.54, 1.807) is 23.7 Å². The lowest BCUT2D eigenvalue weighted by atomic mass is 10.1. The molecule has 170 valence electrons. The lowest BCUT2D eigenvalue weighted by Gasteiger charge is -2.34. The van der Waals surface area contributed by atoms with Gasteiger partial charge in [-0.15, -0.1) is 0 Å². The maximum Gasteiger partial charge on any atom is 0.254 e. The van der Waals surface area contributed by atoms with Crippen LogP contribution in [0.3, 0.4) is 0 Å². The molecule has 7 nitrogen and oxygen atoms in total. The minimum absolute atomic E-state index is 0.0678. The van der Waals surface area contributed by atoms with Crippen molar-refractivity contribution in [3.05, 3.63) is 78.2 Å². The Morgan fingerprint density at radius 2 is 1.76 bits per heavy atom. The van der Waals surface area contributed by atoms with Gasteiger partial charge in [-0.1, -0.05) is 42.5 Å². The van der Waals surface area contributed by atoms with Crippen molar-refractivity contribution < 1.29 is 4.79 Å². The molecule has 0 atom stereocenters. The zero-order chi connectivity index (χ0) is 23.1. The van der Waals surface area contributed by atoms with E-state index in [9.17, 15) is 4.79 Å². The molecule has 6 rings (SSSR count). The van der Waals surface area contributed by atoms with Gasteiger partial charge in [0.1, 0.15) is 0 Å². The molecule has 0 saturated carbocycles. The summed E-state index contributed by atoms with van der Waals surface area (Å²) in [6.45, 7) is 4.93. The Bertz CT molecular complexity index is 1470. The van der Waals surface area contributed by atoms with Gasteiger partial charge in [0.25, 0.3) is 5.91 Å². The number of piperazine rings is 1. The second-order valence-corrected chi connectivity index (χ2v) is 9.45. The van der Waals surface area contributed by atoms with E-state index in [1.807, 2.05) is 29.2 Å². The van der Waals surface area contributed by atoms with Crippen molar-refractivity contribution >= 4 is 38.4 Å². The third-order valence-electron chi connectivity index (χ3n) is 6.40. The molecule has 0 spiro atoms. The average molecular weight is 469 g/mol. The third-order valence-corrected chi connectivity index (χ3v) is 7.42. The summed E-state index contributed by atoms with van der Waals surface area (Å²) in [5.74, 6) is 0.789. The van der Waals surface area contributed by atoms with Crippen molar-refractivity contribution in [3.63, 3.8) is 0 Å². The summed E-state index contributed by atoms with van der Waals surface area (Å²) in [6, 6.07) is 16.4. The first-order valence-corrected chi connectivity index (χ1v) is 12.3. The first-order chi connectivity index (χ1) is 16.7. The molecule has 1 fully saturated rings. The molecule has 8 heteroatoms. The fourth-order valence-electron chi connectivity index (χ4n) is 4.43. The van der Waals surface area contributed by atoms with Gasteiger partial charge >= 0.3 is 0 Å². The van der Waals surface area contributed by atoms with Crippen molar-refractivity contribution in [3.8, 4) is 11.3 Å². The molecule has 0 N–H and O–H groups in total. The van der Waals surface area contributed by atoms with Crippen LogP contribution in [0.5, 0.6) is 0 Å². The highest BCUT2D eigenvalue weighted by molar-refractivity contribution is 7.23. The van der Waals surface area contributed by atoms with Crippen LogP contribution < -0.4 is 4.90 Å². The van der Waals surface area contributed by atoms with Crippen LogP contribution in [-0.2, 0) is 6.42 Å². The predicted molar refractivity (Wildman–Crippen MR) is 136 cm³/mol. The van der Waals surface area contributed by atoms with Crippen LogP contribution in [0.25, 0.3) is 26.4 Å². The van der Waals surface area contributed by atoms with Crippen molar-refractivity contribution in [1.82, 2.24) is 24.3 Å². The van der Waals surface area contributed by atoms with Gasteiger partial charge in [0.15, 0.2) is 4.96 Å². The molecular weight excluding hydrogens is 444 g/mol. The lowest BCUT2D eigenvalue weighted by molar-refractivity contribution is 0.0746. The monoisotopic (exact) mass is 468 g/mol. The van der Waals surface area contributed by atoms with Gasteiger partial charge in [-0.05, 0) is 36.2 Å². The maximum atomic E-state index is 13.2. The number of amides is 1. The van der Waals surface area contributed by atoms with Crippen LogP contribution in [0.1, 0.15) is 22.8 Å². The first-order valence-electron chi connectivity index (χ1n) is 11.5. The van der Waals surface area contributed by atoms with Crippen LogP contribution in [0.15, 0.2) is 67.1 Å². The number of thiazole rings is 1. The maximum absolute atomic E-state index is 13.2. The van der Waals surface area contributed by atoms with E-state index in [-0.39, 0.29) is 5.91 Å². The van der Waals surface area contributed by atoms with E-state index in [0.29, 0.717) is 13.1 Å². The van der Waals surface area contributed by atoms with Gasteiger partial charge in [0.2, 0.25) is 5.95 Å². The highest BCUT2D eigenvalue weighted by Gasteiger charge is 2.24. The van der Waals surface area contributed by atoms with Crippen molar-refractivity contribution in [2.24, 2.45) is 0 Å².